The van der Waals surface area contributed by atoms with Crippen molar-refractivity contribution in [1.82, 2.24) is 4.98 Å². The minimum atomic E-state index is -2.25. The number of thioether (sulfide) groups is 1. The number of ketones is 1. The Balaban J connectivity index is 1.55. The number of carbonyl (C=O) groups is 3. The van der Waals surface area contributed by atoms with Gasteiger partial charge in [0.05, 0.1) is 17.3 Å². The molecule has 0 radical (unpaired) electrons. The van der Waals surface area contributed by atoms with Gasteiger partial charge in [-0.3, -0.25) is 9.59 Å². The Morgan fingerprint density at radius 3 is 2.72 bits per heavy atom. The standard InChI is InChI=1S/C25H26F3NO5S2/c1-11-5-14-17-7-19(27)15-6-13(30)3-4-16(15)24(17,28)21(31)8-18(14)25(11,23(33)35-10-26)34-22(32)20-9-29-12(2)36-20/h3-4,6,9,11,14,16-19,21,31H,5,7-8,10H2,1-2H3/t11?,14?,16?,17?,18?,19?,21?,24?,25-/m1/s1. The number of aryl methyl sites for hydroxylation is 1. The molecule has 0 saturated heterocycles. The first-order chi connectivity index (χ1) is 17.0. The van der Waals surface area contributed by atoms with E-state index < -0.39 is 76.0 Å². The van der Waals surface area contributed by atoms with Crippen molar-refractivity contribution in [2.75, 3.05) is 6.01 Å². The summed E-state index contributed by atoms with van der Waals surface area (Å²) in [5.41, 5.74) is -4.04. The first kappa shape index (κ1) is 25.7. The second-order valence-electron chi connectivity index (χ2n) is 10.1. The number of halogens is 3. The number of fused-ring (bicyclic) bond motifs is 5. The van der Waals surface area contributed by atoms with Crippen LogP contribution in [-0.4, -0.2) is 56.5 Å². The molecule has 8 unspecified atom stereocenters. The maximum atomic E-state index is 16.9. The van der Waals surface area contributed by atoms with Crippen molar-refractivity contribution in [2.45, 2.75) is 56.7 Å². The molecule has 0 amide bonds. The van der Waals surface area contributed by atoms with Gasteiger partial charge in [0.1, 0.15) is 22.7 Å². The fourth-order valence-electron chi connectivity index (χ4n) is 7.06. The molecule has 4 aliphatic rings. The predicted octanol–water partition coefficient (Wildman–Crippen LogP) is 4.32. The van der Waals surface area contributed by atoms with Crippen LogP contribution in [0.3, 0.4) is 0 Å². The first-order valence-electron chi connectivity index (χ1n) is 11.9. The Labute approximate surface area is 214 Å². The predicted molar refractivity (Wildman–Crippen MR) is 128 cm³/mol. The van der Waals surface area contributed by atoms with E-state index in [1.165, 1.54) is 18.3 Å². The van der Waals surface area contributed by atoms with Gasteiger partial charge in [-0.1, -0.05) is 13.0 Å². The highest BCUT2D eigenvalue weighted by Gasteiger charge is 2.71. The largest absolute Gasteiger partial charge is 0.445 e. The Bertz CT molecular complexity index is 1170. The minimum Gasteiger partial charge on any atom is -0.445 e. The summed E-state index contributed by atoms with van der Waals surface area (Å²) >= 11 is 1.46. The second-order valence-corrected chi connectivity index (χ2v) is 12.3. The topological polar surface area (TPSA) is 93.6 Å². The smallest absolute Gasteiger partial charge is 0.351 e. The Morgan fingerprint density at radius 1 is 1.31 bits per heavy atom. The van der Waals surface area contributed by atoms with Gasteiger partial charge in [0.25, 0.3) is 0 Å². The molecular formula is C25H26F3NO5S2. The highest BCUT2D eigenvalue weighted by Crippen LogP contribution is 2.64. The Morgan fingerprint density at radius 2 is 2.06 bits per heavy atom. The maximum absolute atomic E-state index is 16.9. The van der Waals surface area contributed by atoms with Crippen molar-refractivity contribution in [1.29, 1.82) is 0 Å². The number of thiazole rings is 1. The van der Waals surface area contributed by atoms with E-state index in [4.69, 9.17) is 4.74 Å². The summed E-state index contributed by atoms with van der Waals surface area (Å²) in [7, 11) is 0. The number of rotatable bonds is 4. The van der Waals surface area contributed by atoms with E-state index in [0.29, 0.717) is 16.8 Å². The number of carbonyl (C=O) groups excluding carboxylic acids is 3. The normalized spacial score (nSPS) is 41.2. The number of hydrogen-bond donors (Lipinski definition) is 1. The van der Waals surface area contributed by atoms with Crippen molar-refractivity contribution in [3.8, 4) is 0 Å². The lowest BCUT2D eigenvalue weighted by Gasteiger charge is -2.56. The van der Waals surface area contributed by atoms with Crippen LogP contribution in [0.15, 0.2) is 30.0 Å². The molecule has 0 aromatic carbocycles. The number of alkyl halides is 3. The summed E-state index contributed by atoms with van der Waals surface area (Å²) < 4.78 is 51.4. The van der Waals surface area contributed by atoms with E-state index in [2.05, 4.69) is 4.98 Å². The third-order valence-electron chi connectivity index (χ3n) is 8.51. The number of allylic oxidation sites excluding steroid dienone is 4. The maximum Gasteiger partial charge on any atom is 0.351 e. The molecule has 0 bridgehead atoms. The SMILES string of the molecule is Cc1ncc(C(=O)O[C@]2(C(=O)SCF)C(C)CC3C4CC(F)C5=CC(=O)C=CC5C4(F)C(O)CC32)s1. The number of aliphatic hydroxyl groups is 1. The van der Waals surface area contributed by atoms with Crippen LogP contribution in [0.1, 0.15) is 40.9 Å². The monoisotopic (exact) mass is 541 g/mol. The van der Waals surface area contributed by atoms with Crippen LogP contribution in [0.25, 0.3) is 0 Å². The molecule has 11 heteroatoms. The molecule has 1 N–H and O–H groups in total. The summed E-state index contributed by atoms with van der Waals surface area (Å²) in [6, 6.07) is -1.04. The van der Waals surface area contributed by atoms with Crippen LogP contribution in [-0.2, 0) is 14.3 Å². The zero-order valence-electron chi connectivity index (χ0n) is 19.7. The molecule has 0 spiro atoms. The Kier molecular flexibility index (Phi) is 6.48. The second kappa shape index (κ2) is 9.09. The van der Waals surface area contributed by atoms with Crippen molar-refractivity contribution >= 4 is 40.0 Å². The minimum absolute atomic E-state index is 0.0205. The molecule has 5 rings (SSSR count). The number of aromatic nitrogens is 1. The number of esters is 1. The van der Waals surface area contributed by atoms with Crippen molar-refractivity contribution in [3.05, 3.63) is 39.9 Å². The molecule has 3 fully saturated rings. The zero-order valence-corrected chi connectivity index (χ0v) is 21.3. The van der Waals surface area contributed by atoms with Gasteiger partial charge in [-0.2, -0.15) is 0 Å². The van der Waals surface area contributed by atoms with Gasteiger partial charge in [0, 0.05) is 23.7 Å². The van der Waals surface area contributed by atoms with Crippen LogP contribution < -0.4 is 0 Å². The molecule has 9 atom stereocenters. The van der Waals surface area contributed by atoms with Crippen molar-refractivity contribution in [2.24, 2.45) is 29.6 Å². The average Bonchev–Trinajstić information content (AvgIpc) is 3.38. The molecule has 1 aromatic rings. The average molecular weight is 542 g/mol. The van der Waals surface area contributed by atoms with Gasteiger partial charge in [0.2, 0.25) is 5.12 Å². The molecule has 0 aliphatic heterocycles. The third-order valence-corrected chi connectivity index (χ3v) is 10.1. The van der Waals surface area contributed by atoms with Gasteiger partial charge in [-0.05, 0) is 61.6 Å². The molecular weight excluding hydrogens is 515 g/mol. The summed E-state index contributed by atoms with van der Waals surface area (Å²) in [4.78, 5) is 42.6. The summed E-state index contributed by atoms with van der Waals surface area (Å²) in [6.45, 7) is 3.40. The highest BCUT2D eigenvalue weighted by molar-refractivity contribution is 8.13. The van der Waals surface area contributed by atoms with Crippen LogP contribution >= 0.6 is 23.1 Å². The summed E-state index contributed by atoms with van der Waals surface area (Å²) in [5, 5.41) is 11.1. The lowest BCUT2D eigenvalue weighted by atomic mass is 9.53. The van der Waals surface area contributed by atoms with E-state index in [0.717, 1.165) is 17.4 Å². The number of hydrogen-bond acceptors (Lipinski definition) is 8. The van der Waals surface area contributed by atoms with E-state index in [1.54, 1.807) is 13.8 Å². The first-order valence-corrected chi connectivity index (χ1v) is 13.7. The van der Waals surface area contributed by atoms with Crippen molar-refractivity contribution in [3.63, 3.8) is 0 Å². The van der Waals surface area contributed by atoms with Crippen LogP contribution in [0, 0.1) is 36.5 Å². The highest BCUT2D eigenvalue weighted by atomic mass is 32.2. The molecule has 194 valence electrons. The van der Waals surface area contributed by atoms with E-state index in [1.807, 2.05) is 0 Å². The fraction of sp³-hybridized carbons (Fsp3) is 0.600. The van der Waals surface area contributed by atoms with Gasteiger partial charge in [-0.15, -0.1) is 11.3 Å². The summed E-state index contributed by atoms with van der Waals surface area (Å²) in [5.74, 6) is -5.36. The number of ether oxygens (including phenoxy) is 1. The van der Waals surface area contributed by atoms with E-state index in [9.17, 15) is 23.9 Å². The lowest BCUT2D eigenvalue weighted by Crippen LogP contribution is -2.64. The molecule has 1 heterocycles. The van der Waals surface area contributed by atoms with E-state index in [-0.39, 0.29) is 29.7 Å². The lowest BCUT2D eigenvalue weighted by molar-refractivity contribution is -0.176. The third kappa shape index (κ3) is 3.64. The zero-order chi connectivity index (χ0) is 26.0. The molecule has 36 heavy (non-hydrogen) atoms. The molecule has 3 saturated carbocycles. The summed E-state index contributed by atoms with van der Waals surface area (Å²) in [6.07, 6.45) is 1.49. The van der Waals surface area contributed by atoms with Gasteiger partial charge in [0.15, 0.2) is 11.4 Å². The fourth-order valence-corrected chi connectivity index (χ4v) is 8.43. The van der Waals surface area contributed by atoms with Gasteiger partial charge >= 0.3 is 5.97 Å². The number of aliphatic hydroxyl groups excluding tert-OH is 1. The quantitative estimate of drug-likeness (QED) is 0.568. The van der Waals surface area contributed by atoms with Crippen LogP contribution in [0.2, 0.25) is 0 Å². The Hall–Kier alpha value is -1.98. The van der Waals surface area contributed by atoms with E-state index >= 15 is 8.78 Å². The van der Waals surface area contributed by atoms with Gasteiger partial charge < -0.3 is 9.84 Å². The number of nitrogens with zero attached hydrogens (tertiary/aromatic N) is 1. The van der Waals surface area contributed by atoms with Crippen molar-refractivity contribution < 1.29 is 37.4 Å². The van der Waals surface area contributed by atoms with Gasteiger partial charge in [-0.25, -0.2) is 22.9 Å². The van der Waals surface area contributed by atoms with Crippen LogP contribution in [0.4, 0.5) is 13.2 Å². The molecule has 6 nitrogen and oxygen atoms in total. The molecule has 1 aromatic heterocycles. The van der Waals surface area contributed by atoms with Crippen LogP contribution in [0.5, 0.6) is 0 Å². The molecule has 4 aliphatic carbocycles.